The first-order valence-electron chi connectivity index (χ1n) is 9.02. The zero-order valence-electron chi connectivity index (χ0n) is 14.6. The van der Waals surface area contributed by atoms with E-state index in [1.807, 2.05) is 24.0 Å². The molecule has 0 spiro atoms. The van der Waals surface area contributed by atoms with Gasteiger partial charge >= 0.3 is 0 Å². The number of likely N-dealkylation sites (tertiary alicyclic amines) is 1. The zero-order chi connectivity index (χ0) is 17.2. The molecule has 0 saturated carbocycles. The molecule has 2 saturated heterocycles. The van der Waals surface area contributed by atoms with Gasteiger partial charge in [0.2, 0.25) is 0 Å². The van der Waals surface area contributed by atoms with E-state index in [1.165, 1.54) is 5.56 Å². The number of hydrogen-bond donors (Lipinski definition) is 0. The van der Waals surface area contributed by atoms with Crippen LogP contribution in [-0.4, -0.2) is 54.1 Å². The molecule has 0 radical (unpaired) electrons. The Morgan fingerprint density at radius 3 is 2.76 bits per heavy atom. The van der Waals surface area contributed by atoms with Crippen LogP contribution in [0.1, 0.15) is 28.8 Å². The molecule has 2 atom stereocenters. The molecule has 132 valence electrons. The number of morpholine rings is 1. The number of rotatable bonds is 4. The molecule has 2 aliphatic heterocycles. The van der Waals surface area contributed by atoms with Gasteiger partial charge in [-0.25, -0.2) is 0 Å². The Bertz CT molecular complexity index is 728. The second-order valence-corrected chi connectivity index (χ2v) is 6.76. The Kier molecular flexibility index (Phi) is 4.59. The summed E-state index contributed by atoms with van der Waals surface area (Å²) in [4.78, 5) is 17.1. The summed E-state index contributed by atoms with van der Waals surface area (Å²) in [6, 6.07) is 14.4. The molecule has 1 aromatic heterocycles. The van der Waals surface area contributed by atoms with Crippen molar-refractivity contribution < 1.29 is 13.9 Å². The van der Waals surface area contributed by atoms with Crippen LogP contribution in [0.15, 0.2) is 46.9 Å². The lowest BCUT2D eigenvalue weighted by molar-refractivity contribution is -0.0503. The van der Waals surface area contributed by atoms with Crippen molar-refractivity contribution in [2.45, 2.75) is 32.0 Å². The lowest BCUT2D eigenvalue weighted by atomic mass is 10.1. The SMILES string of the molecule is CCc1ccc(C(=O)N2C[C@@H]3OCCN(Cc4ccccc4)[C@H]3C2)o1. The highest BCUT2D eigenvalue weighted by molar-refractivity contribution is 5.91. The third kappa shape index (κ3) is 3.34. The number of aryl methyl sites for hydroxylation is 1. The molecule has 0 bridgehead atoms. The van der Waals surface area contributed by atoms with E-state index in [9.17, 15) is 4.79 Å². The molecule has 1 amide bonds. The van der Waals surface area contributed by atoms with E-state index < -0.39 is 0 Å². The van der Waals surface area contributed by atoms with Crippen LogP contribution in [0.25, 0.3) is 0 Å². The number of amides is 1. The number of fused-ring (bicyclic) bond motifs is 1. The molecule has 3 heterocycles. The summed E-state index contributed by atoms with van der Waals surface area (Å²) in [5, 5.41) is 0. The van der Waals surface area contributed by atoms with E-state index in [4.69, 9.17) is 9.15 Å². The highest BCUT2D eigenvalue weighted by atomic mass is 16.5. The smallest absolute Gasteiger partial charge is 0.289 e. The molecule has 4 rings (SSSR count). The van der Waals surface area contributed by atoms with E-state index in [0.717, 1.165) is 31.9 Å². The van der Waals surface area contributed by atoms with Gasteiger partial charge in [0.15, 0.2) is 5.76 Å². The molecule has 2 aromatic rings. The summed E-state index contributed by atoms with van der Waals surface area (Å²) in [5.74, 6) is 1.25. The van der Waals surface area contributed by atoms with E-state index in [-0.39, 0.29) is 18.1 Å². The van der Waals surface area contributed by atoms with Gasteiger partial charge in [0.1, 0.15) is 5.76 Å². The minimum atomic E-state index is -0.0302. The van der Waals surface area contributed by atoms with E-state index in [0.29, 0.717) is 18.8 Å². The zero-order valence-corrected chi connectivity index (χ0v) is 14.6. The largest absolute Gasteiger partial charge is 0.456 e. The second kappa shape index (κ2) is 7.02. The van der Waals surface area contributed by atoms with Crippen LogP contribution in [0.4, 0.5) is 0 Å². The van der Waals surface area contributed by atoms with Crippen molar-refractivity contribution in [3.05, 3.63) is 59.5 Å². The summed E-state index contributed by atoms with van der Waals surface area (Å²) in [7, 11) is 0. The highest BCUT2D eigenvalue weighted by Gasteiger charge is 2.42. The molecule has 0 aliphatic carbocycles. The lowest BCUT2D eigenvalue weighted by Crippen LogP contribution is -2.50. The third-order valence-corrected chi connectivity index (χ3v) is 5.15. The maximum Gasteiger partial charge on any atom is 0.289 e. The first-order chi connectivity index (χ1) is 12.2. The van der Waals surface area contributed by atoms with Gasteiger partial charge in [0, 0.05) is 32.6 Å². The summed E-state index contributed by atoms with van der Waals surface area (Å²) in [6.07, 6.45) is 0.883. The summed E-state index contributed by atoms with van der Waals surface area (Å²) >= 11 is 0. The van der Waals surface area contributed by atoms with Crippen LogP contribution in [0.5, 0.6) is 0 Å². The fourth-order valence-corrected chi connectivity index (χ4v) is 3.78. The Balaban J connectivity index is 1.46. The predicted octanol–water partition coefficient (Wildman–Crippen LogP) is 2.57. The normalized spacial score (nSPS) is 23.6. The molecular formula is C20H24N2O3. The average molecular weight is 340 g/mol. The van der Waals surface area contributed by atoms with E-state index >= 15 is 0 Å². The Morgan fingerprint density at radius 2 is 2.00 bits per heavy atom. The van der Waals surface area contributed by atoms with Gasteiger partial charge in [-0.15, -0.1) is 0 Å². The summed E-state index contributed by atoms with van der Waals surface area (Å²) in [6.45, 7) is 5.87. The second-order valence-electron chi connectivity index (χ2n) is 6.76. The fourth-order valence-electron chi connectivity index (χ4n) is 3.78. The minimum Gasteiger partial charge on any atom is -0.456 e. The minimum absolute atomic E-state index is 0.0302. The van der Waals surface area contributed by atoms with Gasteiger partial charge in [0.05, 0.1) is 18.8 Å². The maximum absolute atomic E-state index is 12.7. The quantitative estimate of drug-likeness (QED) is 0.858. The Hall–Kier alpha value is -2.11. The molecular weight excluding hydrogens is 316 g/mol. The molecule has 0 N–H and O–H groups in total. The molecule has 2 fully saturated rings. The molecule has 25 heavy (non-hydrogen) atoms. The Morgan fingerprint density at radius 1 is 1.16 bits per heavy atom. The van der Waals surface area contributed by atoms with Gasteiger partial charge in [-0.3, -0.25) is 9.69 Å². The number of furan rings is 1. The van der Waals surface area contributed by atoms with E-state index in [1.54, 1.807) is 6.07 Å². The van der Waals surface area contributed by atoms with Crippen molar-refractivity contribution in [3.63, 3.8) is 0 Å². The van der Waals surface area contributed by atoms with Crippen molar-refractivity contribution >= 4 is 5.91 Å². The molecule has 5 heteroatoms. The van der Waals surface area contributed by atoms with Gasteiger partial charge in [0.25, 0.3) is 5.91 Å². The van der Waals surface area contributed by atoms with Gasteiger partial charge in [-0.2, -0.15) is 0 Å². The summed E-state index contributed by atoms with van der Waals surface area (Å²) < 4.78 is 11.6. The highest BCUT2D eigenvalue weighted by Crippen LogP contribution is 2.26. The monoisotopic (exact) mass is 340 g/mol. The molecule has 2 aliphatic rings. The number of carbonyl (C=O) groups is 1. The third-order valence-electron chi connectivity index (χ3n) is 5.15. The van der Waals surface area contributed by atoms with Gasteiger partial charge < -0.3 is 14.1 Å². The number of ether oxygens (including phenoxy) is 1. The van der Waals surface area contributed by atoms with Gasteiger partial charge in [-0.05, 0) is 17.7 Å². The number of nitrogens with zero attached hydrogens (tertiary/aromatic N) is 2. The molecule has 1 aromatic carbocycles. The number of hydrogen-bond acceptors (Lipinski definition) is 4. The van der Waals surface area contributed by atoms with Crippen molar-refractivity contribution in [3.8, 4) is 0 Å². The standard InChI is InChI=1S/C20H24N2O3/c1-2-16-8-9-18(25-16)20(23)22-13-17-19(14-22)24-11-10-21(17)12-15-6-4-3-5-7-15/h3-9,17,19H,2,10-14H2,1H3/t17-,19-/m0/s1. The fraction of sp³-hybridized carbons (Fsp3) is 0.450. The van der Waals surface area contributed by atoms with Crippen LogP contribution in [0.3, 0.4) is 0 Å². The van der Waals surface area contributed by atoms with Crippen LogP contribution in [-0.2, 0) is 17.7 Å². The van der Waals surface area contributed by atoms with Crippen LogP contribution < -0.4 is 0 Å². The molecule has 5 nitrogen and oxygen atoms in total. The molecule has 0 unspecified atom stereocenters. The lowest BCUT2D eigenvalue weighted by Gasteiger charge is -2.36. The van der Waals surface area contributed by atoms with Crippen LogP contribution in [0.2, 0.25) is 0 Å². The van der Waals surface area contributed by atoms with Crippen molar-refractivity contribution in [2.75, 3.05) is 26.2 Å². The topological polar surface area (TPSA) is 45.9 Å². The van der Waals surface area contributed by atoms with Gasteiger partial charge in [-0.1, -0.05) is 37.3 Å². The van der Waals surface area contributed by atoms with E-state index in [2.05, 4.69) is 29.2 Å². The van der Waals surface area contributed by atoms with Crippen LogP contribution in [0, 0.1) is 0 Å². The Labute approximate surface area is 148 Å². The number of benzene rings is 1. The van der Waals surface area contributed by atoms with Crippen molar-refractivity contribution in [2.24, 2.45) is 0 Å². The average Bonchev–Trinajstić information content (AvgIpc) is 3.29. The van der Waals surface area contributed by atoms with Crippen molar-refractivity contribution in [1.82, 2.24) is 9.80 Å². The van der Waals surface area contributed by atoms with Crippen molar-refractivity contribution in [1.29, 1.82) is 0 Å². The maximum atomic E-state index is 12.7. The predicted molar refractivity (Wildman–Crippen MR) is 94.4 cm³/mol. The van der Waals surface area contributed by atoms with Crippen LogP contribution >= 0.6 is 0 Å². The first kappa shape index (κ1) is 16.4. The number of carbonyl (C=O) groups excluding carboxylic acids is 1. The summed E-state index contributed by atoms with van der Waals surface area (Å²) in [5.41, 5.74) is 1.30. The first-order valence-corrected chi connectivity index (χ1v) is 9.02.